The van der Waals surface area contributed by atoms with E-state index in [2.05, 4.69) is 20.6 Å². The number of hydrogen-bond acceptors (Lipinski definition) is 4. The smallest absolute Gasteiger partial charge is 0.417 e. The molecule has 11 heteroatoms. The normalized spacial score (nSPS) is 17.1. The van der Waals surface area contributed by atoms with E-state index in [0.29, 0.717) is 25.5 Å². The molecule has 1 aromatic heterocycles. The Hall–Kier alpha value is -1.79. The largest absolute Gasteiger partial charge is 0.476 e. The summed E-state index contributed by atoms with van der Waals surface area (Å²) >= 11 is 0. The zero-order valence-electron chi connectivity index (χ0n) is 15.8. The van der Waals surface area contributed by atoms with Gasteiger partial charge in [-0.25, -0.2) is 4.98 Å². The van der Waals surface area contributed by atoms with Crippen molar-refractivity contribution in [2.24, 2.45) is 4.99 Å². The summed E-state index contributed by atoms with van der Waals surface area (Å²) in [5.41, 5.74) is -0.815. The molecule has 1 aliphatic heterocycles. The van der Waals surface area contributed by atoms with Gasteiger partial charge in [-0.3, -0.25) is 9.79 Å². The van der Waals surface area contributed by atoms with E-state index < -0.39 is 11.7 Å². The van der Waals surface area contributed by atoms with Gasteiger partial charge in [0.25, 0.3) is 0 Å². The Morgan fingerprint density at radius 3 is 2.75 bits per heavy atom. The number of halogens is 4. The van der Waals surface area contributed by atoms with Crippen LogP contribution in [0.4, 0.5) is 13.2 Å². The zero-order valence-corrected chi connectivity index (χ0v) is 18.1. The Kier molecular flexibility index (Phi) is 9.76. The first-order valence-corrected chi connectivity index (χ1v) is 8.74. The first-order chi connectivity index (χ1) is 12.8. The van der Waals surface area contributed by atoms with Crippen LogP contribution in [0.15, 0.2) is 23.3 Å². The molecule has 1 unspecified atom stereocenters. The summed E-state index contributed by atoms with van der Waals surface area (Å²) in [7, 11) is 1.64. The molecule has 7 nitrogen and oxygen atoms in total. The van der Waals surface area contributed by atoms with Crippen molar-refractivity contribution in [2.75, 3.05) is 33.3 Å². The van der Waals surface area contributed by atoms with Gasteiger partial charge in [0.05, 0.1) is 12.1 Å². The minimum absolute atomic E-state index is 0. The molecule has 0 aliphatic carbocycles. The van der Waals surface area contributed by atoms with Crippen LogP contribution in [0.5, 0.6) is 5.88 Å². The number of rotatable bonds is 6. The number of nitrogens with one attached hydrogen (secondary N) is 2. The molecule has 1 atom stereocenters. The second kappa shape index (κ2) is 11.3. The number of ether oxygens (including phenoxy) is 1. The average molecular weight is 515 g/mol. The van der Waals surface area contributed by atoms with E-state index in [1.54, 1.807) is 7.05 Å². The van der Waals surface area contributed by atoms with Crippen LogP contribution in [-0.2, 0) is 11.0 Å². The highest BCUT2D eigenvalue weighted by Gasteiger charge is 2.30. The van der Waals surface area contributed by atoms with Gasteiger partial charge in [-0.15, -0.1) is 24.0 Å². The van der Waals surface area contributed by atoms with Crippen LogP contribution < -0.4 is 15.4 Å². The highest BCUT2D eigenvalue weighted by Crippen LogP contribution is 2.29. The molecule has 1 fully saturated rings. The summed E-state index contributed by atoms with van der Waals surface area (Å²) in [6.45, 7) is 3.81. The Morgan fingerprint density at radius 1 is 1.43 bits per heavy atom. The molecule has 2 rings (SSSR count). The van der Waals surface area contributed by atoms with E-state index in [-0.39, 0.29) is 48.4 Å². The maximum Gasteiger partial charge on any atom is 0.417 e. The van der Waals surface area contributed by atoms with Gasteiger partial charge in [0.15, 0.2) is 5.96 Å². The lowest BCUT2D eigenvalue weighted by Gasteiger charge is -2.18. The number of likely N-dealkylation sites (tertiary alicyclic amines) is 1. The predicted molar refractivity (Wildman–Crippen MR) is 110 cm³/mol. The zero-order chi connectivity index (χ0) is 19.9. The van der Waals surface area contributed by atoms with E-state index in [9.17, 15) is 18.0 Å². The highest BCUT2D eigenvalue weighted by molar-refractivity contribution is 14.0. The number of hydrogen-bond donors (Lipinski definition) is 2. The third kappa shape index (κ3) is 7.32. The van der Waals surface area contributed by atoms with E-state index in [0.717, 1.165) is 25.2 Å². The van der Waals surface area contributed by atoms with Gasteiger partial charge >= 0.3 is 6.18 Å². The van der Waals surface area contributed by atoms with Gasteiger partial charge in [0, 0.05) is 44.9 Å². The molecule has 0 spiro atoms. The topological polar surface area (TPSA) is 78.9 Å². The lowest BCUT2D eigenvalue weighted by atomic mass is 10.3. The number of nitrogens with zero attached hydrogens (tertiary/aromatic N) is 3. The number of guanidine groups is 1. The molecule has 1 aliphatic rings. The third-order valence-electron chi connectivity index (χ3n) is 4.12. The van der Waals surface area contributed by atoms with Crippen molar-refractivity contribution < 1.29 is 22.7 Å². The van der Waals surface area contributed by atoms with Crippen LogP contribution in [-0.4, -0.2) is 61.1 Å². The summed E-state index contributed by atoms with van der Waals surface area (Å²) in [4.78, 5) is 21.3. The van der Waals surface area contributed by atoms with Gasteiger partial charge in [0.2, 0.25) is 11.8 Å². The van der Waals surface area contributed by atoms with Gasteiger partial charge in [0.1, 0.15) is 6.61 Å². The highest BCUT2D eigenvalue weighted by atomic mass is 127. The Bertz CT molecular complexity index is 655. The molecular weight excluding hydrogens is 490 g/mol. The lowest BCUT2D eigenvalue weighted by molar-refractivity contribution is -0.137. The fourth-order valence-corrected chi connectivity index (χ4v) is 2.67. The van der Waals surface area contributed by atoms with Gasteiger partial charge in [-0.1, -0.05) is 6.92 Å². The van der Waals surface area contributed by atoms with Crippen LogP contribution in [0.3, 0.4) is 0 Å². The minimum Gasteiger partial charge on any atom is -0.476 e. The van der Waals surface area contributed by atoms with E-state index in [1.807, 2.05) is 11.8 Å². The fourth-order valence-electron chi connectivity index (χ4n) is 2.67. The van der Waals surface area contributed by atoms with Crippen molar-refractivity contribution in [3.63, 3.8) is 0 Å². The van der Waals surface area contributed by atoms with Crippen LogP contribution in [0.1, 0.15) is 25.3 Å². The summed E-state index contributed by atoms with van der Waals surface area (Å²) in [5.74, 6) is 0.840. The molecule has 1 aromatic rings. The Morgan fingerprint density at radius 2 is 2.18 bits per heavy atom. The Balaban J connectivity index is 0.00000392. The number of pyridine rings is 1. The lowest BCUT2D eigenvalue weighted by Crippen LogP contribution is -2.46. The molecule has 2 N–H and O–H groups in total. The van der Waals surface area contributed by atoms with Crippen LogP contribution in [0, 0.1) is 0 Å². The van der Waals surface area contributed by atoms with Crippen LogP contribution in [0.25, 0.3) is 0 Å². The van der Waals surface area contributed by atoms with E-state index in [4.69, 9.17) is 4.74 Å². The summed E-state index contributed by atoms with van der Waals surface area (Å²) < 4.78 is 42.8. The minimum atomic E-state index is -4.41. The third-order valence-corrected chi connectivity index (χ3v) is 4.12. The number of aliphatic imine (C=N–C) groups is 1. The number of amides is 1. The summed E-state index contributed by atoms with van der Waals surface area (Å²) in [5, 5.41) is 6.31. The van der Waals surface area contributed by atoms with Crippen molar-refractivity contribution in [1.29, 1.82) is 0 Å². The molecule has 0 aromatic carbocycles. The number of carbonyl (C=O) groups excluding carboxylic acids is 1. The van der Waals surface area contributed by atoms with Crippen molar-refractivity contribution in [1.82, 2.24) is 20.5 Å². The molecule has 0 saturated carbocycles. The Labute approximate surface area is 179 Å². The molecular formula is C17H25F3IN5O2. The summed E-state index contributed by atoms with van der Waals surface area (Å²) in [6, 6.07) is 2.25. The number of alkyl halides is 3. The molecule has 1 amide bonds. The van der Waals surface area contributed by atoms with Gasteiger partial charge in [-0.05, 0) is 12.5 Å². The van der Waals surface area contributed by atoms with Crippen molar-refractivity contribution in [3.8, 4) is 5.88 Å². The molecule has 0 bridgehead atoms. The number of aromatic nitrogens is 1. The molecule has 158 valence electrons. The standard InChI is InChI=1S/C17H24F3N5O2.HI/c1-3-15(26)25-8-6-13(11-25)24-16(21-2)22-7-9-27-14-5-4-12(10-23-14)17(18,19)20;/h4-5,10,13H,3,6-9,11H2,1-2H3,(H2,21,22,24);1H. The molecule has 28 heavy (non-hydrogen) atoms. The first-order valence-electron chi connectivity index (χ1n) is 8.74. The maximum absolute atomic E-state index is 12.5. The van der Waals surface area contributed by atoms with E-state index >= 15 is 0 Å². The van der Waals surface area contributed by atoms with E-state index in [1.165, 1.54) is 6.07 Å². The first kappa shape index (κ1) is 24.2. The predicted octanol–water partition coefficient (Wildman–Crippen LogP) is 2.27. The van der Waals surface area contributed by atoms with Crippen LogP contribution in [0.2, 0.25) is 0 Å². The molecule has 1 saturated heterocycles. The van der Waals surface area contributed by atoms with Gasteiger partial charge in [-0.2, -0.15) is 13.2 Å². The quantitative estimate of drug-likeness (QED) is 0.263. The second-order valence-electron chi connectivity index (χ2n) is 6.05. The fraction of sp³-hybridized carbons (Fsp3) is 0.588. The monoisotopic (exact) mass is 515 g/mol. The average Bonchev–Trinajstić information content (AvgIpc) is 3.11. The van der Waals surface area contributed by atoms with Crippen molar-refractivity contribution in [2.45, 2.75) is 32.0 Å². The maximum atomic E-state index is 12.5. The molecule has 0 radical (unpaired) electrons. The molecule has 2 heterocycles. The summed E-state index contributed by atoms with van der Waals surface area (Å²) in [6.07, 6.45) is -2.33. The van der Waals surface area contributed by atoms with Crippen molar-refractivity contribution >= 4 is 35.8 Å². The van der Waals surface area contributed by atoms with Crippen molar-refractivity contribution in [3.05, 3.63) is 23.9 Å². The SMILES string of the molecule is CCC(=O)N1CCC(NC(=NC)NCCOc2ccc(C(F)(F)F)cn2)C1.I. The number of carbonyl (C=O) groups is 1. The van der Waals surface area contributed by atoms with Gasteiger partial charge < -0.3 is 20.3 Å². The van der Waals surface area contributed by atoms with Crippen LogP contribution >= 0.6 is 24.0 Å². The second-order valence-corrected chi connectivity index (χ2v) is 6.05.